The second-order valence-electron chi connectivity index (χ2n) is 5.82. The largest absolute Gasteiger partial charge is 0.462 e. The quantitative estimate of drug-likeness (QED) is 0.678. The Kier molecular flexibility index (Phi) is 5.01. The van der Waals surface area contributed by atoms with E-state index in [2.05, 4.69) is 18.7 Å². The fourth-order valence-electron chi connectivity index (χ4n) is 2.60. The van der Waals surface area contributed by atoms with Gasteiger partial charge in [-0.2, -0.15) is 0 Å². The third-order valence-corrected chi connectivity index (χ3v) is 3.88. The van der Waals surface area contributed by atoms with Crippen LogP contribution >= 0.6 is 0 Å². The minimum Gasteiger partial charge on any atom is -0.462 e. The van der Waals surface area contributed by atoms with Crippen LogP contribution in [0, 0.1) is 5.92 Å². The van der Waals surface area contributed by atoms with Gasteiger partial charge in [0, 0.05) is 24.2 Å². The smallest absolute Gasteiger partial charge is 0.338 e. The molecular formula is C16H24N2O2. The van der Waals surface area contributed by atoms with Crippen LogP contribution in [-0.4, -0.2) is 36.6 Å². The molecular weight excluding hydrogens is 252 g/mol. The van der Waals surface area contributed by atoms with Crippen LogP contribution in [0.25, 0.3) is 0 Å². The van der Waals surface area contributed by atoms with Gasteiger partial charge < -0.3 is 15.4 Å². The van der Waals surface area contributed by atoms with Crippen LogP contribution in [0.15, 0.2) is 24.3 Å². The molecule has 4 heteroatoms. The number of carbonyl (C=O) groups is 1. The number of nitrogens with two attached hydrogens (primary N) is 1. The summed E-state index contributed by atoms with van der Waals surface area (Å²) in [6.45, 7) is 7.10. The van der Waals surface area contributed by atoms with Crippen LogP contribution in [0.1, 0.15) is 37.0 Å². The summed E-state index contributed by atoms with van der Waals surface area (Å²) >= 11 is 0. The standard InChI is InChI=1S/C16H24N2O2/c1-12(2)18-9-3-4-13(10-18)11-20-16(19)14-5-7-15(17)8-6-14/h5-8,12-13H,3-4,9-11,17H2,1-2H3. The van der Waals surface area contributed by atoms with Gasteiger partial charge in [-0.1, -0.05) is 0 Å². The fourth-order valence-corrected chi connectivity index (χ4v) is 2.60. The fraction of sp³-hybridized carbons (Fsp3) is 0.562. The van der Waals surface area contributed by atoms with Gasteiger partial charge in [0.05, 0.1) is 12.2 Å². The first-order valence-corrected chi connectivity index (χ1v) is 7.33. The zero-order valence-electron chi connectivity index (χ0n) is 12.3. The monoisotopic (exact) mass is 276 g/mol. The third kappa shape index (κ3) is 3.97. The number of ether oxygens (including phenoxy) is 1. The van der Waals surface area contributed by atoms with E-state index in [1.807, 2.05) is 0 Å². The summed E-state index contributed by atoms with van der Waals surface area (Å²) in [4.78, 5) is 14.4. The van der Waals surface area contributed by atoms with Gasteiger partial charge in [0.2, 0.25) is 0 Å². The van der Waals surface area contributed by atoms with Gasteiger partial charge in [-0.25, -0.2) is 4.79 Å². The second kappa shape index (κ2) is 6.75. The molecule has 1 saturated heterocycles. The second-order valence-corrected chi connectivity index (χ2v) is 5.82. The molecule has 2 N–H and O–H groups in total. The number of nitrogens with zero attached hydrogens (tertiary/aromatic N) is 1. The van der Waals surface area contributed by atoms with Crippen molar-refractivity contribution >= 4 is 11.7 Å². The Bertz CT molecular complexity index is 442. The molecule has 1 atom stereocenters. The molecule has 1 aromatic carbocycles. The molecule has 0 spiro atoms. The van der Waals surface area contributed by atoms with E-state index in [1.165, 1.54) is 6.42 Å². The molecule has 110 valence electrons. The SMILES string of the molecule is CC(C)N1CCCC(COC(=O)c2ccc(N)cc2)C1. The van der Waals surface area contributed by atoms with E-state index in [1.54, 1.807) is 24.3 Å². The Morgan fingerprint density at radius 1 is 1.40 bits per heavy atom. The number of nitrogen functional groups attached to an aromatic ring is 1. The van der Waals surface area contributed by atoms with Gasteiger partial charge in [0.1, 0.15) is 0 Å². The summed E-state index contributed by atoms with van der Waals surface area (Å²) in [5.41, 5.74) is 6.82. The summed E-state index contributed by atoms with van der Waals surface area (Å²) in [7, 11) is 0. The average Bonchev–Trinajstić information content (AvgIpc) is 2.46. The third-order valence-electron chi connectivity index (χ3n) is 3.88. The number of benzene rings is 1. The number of esters is 1. The summed E-state index contributed by atoms with van der Waals surface area (Å²) in [6.07, 6.45) is 2.32. The topological polar surface area (TPSA) is 55.6 Å². The molecule has 1 aliphatic rings. The van der Waals surface area contributed by atoms with Gasteiger partial charge in [0.25, 0.3) is 0 Å². The van der Waals surface area contributed by atoms with Crippen LogP contribution in [0.4, 0.5) is 5.69 Å². The molecule has 4 nitrogen and oxygen atoms in total. The molecule has 0 saturated carbocycles. The zero-order valence-corrected chi connectivity index (χ0v) is 12.3. The van der Waals surface area contributed by atoms with E-state index < -0.39 is 0 Å². The van der Waals surface area contributed by atoms with Crippen molar-refractivity contribution in [2.24, 2.45) is 5.92 Å². The molecule has 1 unspecified atom stereocenters. The highest BCUT2D eigenvalue weighted by atomic mass is 16.5. The molecule has 1 aromatic rings. The maximum absolute atomic E-state index is 11.9. The lowest BCUT2D eigenvalue weighted by molar-refractivity contribution is 0.0328. The van der Waals surface area contributed by atoms with Gasteiger partial charge in [0.15, 0.2) is 0 Å². The summed E-state index contributed by atoms with van der Waals surface area (Å²) < 4.78 is 5.43. The number of hydrogen-bond donors (Lipinski definition) is 1. The van der Waals surface area contributed by atoms with Crippen molar-refractivity contribution in [2.45, 2.75) is 32.7 Å². The predicted octanol–water partition coefficient (Wildman–Crippen LogP) is 2.55. The maximum atomic E-state index is 11.9. The molecule has 1 fully saturated rings. The Labute approximate surface area is 120 Å². The van der Waals surface area contributed by atoms with Crippen molar-refractivity contribution in [3.05, 3.63) is 29.8 Å². The summed E-state index contributed by atoms with van der Waals surface area (Å²) in [6, 6.07) is 7.42. The average molecular weight is 276 g/mol. The van der Waals surface area contributed by atoms with E-state index >= 15 is 0 Å². The van der Waals surface area contributed by atoms with Crippen molar-refractivity contribution in [1.82, 2.24) is 4.90 Å². The molecule has 20 heavy (non-hydrogen) atoms. The number of hydrogen-bond acceptors (Lipinski definition) is 4. The van der Waals surface area contributed by atoms with Crippen molar-refractivity contribution < 1.29 is 9.53 Å². The molecule has 0 aromatic heterocycles. The lowest BCUT2D eigenvalue weighted by Gasteiger charge is -2.35. The van der Waals surface area contributed by atoms with E-state index in [9.17, 15) is 4.79 Å². The Morgan fingerprint density at radius 3 is 2.75 bits per heavy atom. The van der Waals surface area contributed by atoms with Gasteiger partial charge >= 0.3 is 5.97 Å². The number of anilines is 1. The predicted molar refractivity (Wildman–Crippen MR) is 80.6 cm³/mol. The number of piperidine rings is 1. The number of rotatable bonds is 4. The van der Waals surface area contributed by atoms with Crippen LogP contribution in [-0.2, 0) is 4.74 Å². The molecule has 0 radical (unpaired) electrons. The highest BCUT2D eigenvalue weighted by Crippen LogP contribution is 2.19. The van der Waals surface area contributed by atoms with E-state index in [4.69, 9.17) is 10.5 Å². The van der Waals surface area contributed by atoms with Gasteiger partial charge in [-0.3, -0.25) is 0 Å². The van der Waals surface area contributed by atoms with Crippen molar-refractivity contribution in [3.8, 4) is 0 Å². The molecule has 0 aliphatic carbocycles. The van der Waals surface area contributed by atoms with Crippen molar-refractivity contribution in [2.75, 3.05) is 25.4 Å². The first-order valence-electron chi connectivity index (χ1n) is 7.33. The molecule has 0 amide bonds. The number of carbonyl (C=O) groups excluding carboxylic acids is 1. The van der Waals surface area contributed by atoms with Crippen molar-refractivity contribution in [3.63, 3.8) is 0 Å². The molecule has 1 aliphatic heterocycles. The number of likely N-dealkylation sites (tertiary alicyclic amines) is 1. The van der Waals surface area contributed by atoms with Gasteiger partial charge in [-0.05, 0) is 57.5 Å². The first kappa shape index (κ1) is 14.9. The van der Waals surface area contributed by atoms with E-state index in [0.717, 1.165) is 19.5 Å². The highest BCUT2D eigenvalue weighted by molar-refractivity contribution is 5.89. The van der Waals surface area contributed by atoms with E-state index in [0.29, 0.717) is 29.8 Å². The Hall–Kier alpha value is -1.55. The summed E-state index contributed by atoms with van der Waals surface area (Å²) in [5, 5.41) is 0. The normalized spacial score (nSPS) is 20.1. The summed E-state index contributed by atoms with van der Waals surface area (Å²) in [5.74, 6) is 0.190. The zero-order chi connectivity index (χ0) is 14.5. The minimum absolute atomic E-state index is 0.258. The molecule has 2 rings (SSSR count). The Balaban J connectivity index is 1.82. The molecule has 0 bridgehead atoms. The van der Waals surface area contributed by atoms with Crippen LogP contribution in [0.3, 0.4) is 0 Å². The first-order chi connectivity index (χ1) is 9.56. The minimum atomic E-state index is -0.258. The van der Waals surface area contributed by atoms with Crippen LogP contribution in [0.2, 0.25) is 0 Å². The van der Waals surface area contributed by atoms with Gasteiger partial charge in [-0.15, -0.1) is 0 Å². The maximum Gasteiger partial charge on any atom is 0.338 e. The van der Waals surface area contributed by atoms with Crippen LogP contribution in [0.5, 0.6) is 0 Å². The lowest BCUT2D eigenvalue weighted by Crippen LogP contribution is -2.41. The Morgan fingerprint density at radius 2 is 2.10 bits per heavy atom. The molecule has 1 heterocycles. The van der Waals surface area contributed by atoms with Crippen LogP contribution < -0.4 is 5.73 Å². The van der Waals surface area contributed by atoms with E-state index in [-0.39, 0.29) is 5.97 Å². The highest BCUT2D eigenvalue weighted by Gasteiger charge is 2.22. The lowest BCUT2D eigenvalue weighted by atomic mass is 9.98. The van der Waals surface area contributed by atoms with Crippen molar-refractivity contribution in [1.29, 1.82) is 0 Å².